The Labute approximate surface area is 173 Å². The molecule has 142 valence electrons. The molecule has 0 spiro atoms. The fourth-order valence-electron chi connectivity index (χ4n) is 2.61. The second kappa shape index (κ2) is 8.50. The molecule has 0 aromatic carbocycles. The molecule has 0 saturated carbocycles. The van der Waals surface area contributed by atoms with Crippen LogP contribution < -0.4 is 0 Å². The highest BCUT2D eigenvalue weighted by molar-refractivity contribution is 9.10. The molecule has 0 N–H and O–H groups in total. The van der Waals surface area contributed by atoms with Crippen molar-refractivity contribution in [1.82, 2.24) is 9.55 Å². The van der Waals surface area contributed by atoms with E-state index < -0.39 is 17.6 Å². The summed E-state index contributed by atoms with van der Waals surface area (Å²) in [4.78, 5) is 17.2. The van der Waals surface area contributed by atoms with Gasteiger partial charge in [-0.1, -0.05) is 36.4 Å². The second-order valence-electron chi connectivity index (χ2n) is 5.76. The Morgan fingerprint density at radius 2 is 1.93 bits per heavy atom. The average molecular weight is 476 g/mol. The number of fused-ring (bicyclic) bond motifs is 1. The van der Waals surface area contributed by atoms with E-state index in [1.807, 2.05) is 0 Å². The third kappa shape index (κ3) is 4.57. The first-order chi connectivity index (χ1) is 12.5. The molecule has 2 aromatic rings. The minimum absolute atomic E-state index is 0.0228. The normalized spacial score (nSPS) is 13.3. The topological polar surface area (TPSA) is 34.9 Å². The van der Waals surface area contributed by atoms with Crippen LogP contribution in [0.15, 0.2) is 69.0 Å². The number of hydrogen-bond acceptors (Lipinski definition) is 2. The molecule has 2 aromatic heterocycles. The summed E-state index contributed by atoms with van der Waals surface area (Å²) < 4.78 is 29.2. The molecule has 0 aliphatic rings. The maximum absolute atomic E-state index is 13.7. The molecule has 0 unspecified atom stereocenters. The van der Waals surface area contributed by atoms with Crippen LogP contribution in [0, 0.1) is 0 Å². The fraction of sp³-hybridized carbons (Fsp3) is 0.158. The van der Waals surface area contributed by atoms with Crippen molar-refractivity contribution < 1.29 is 13.6 Å². The lowest BCUT2D eigenvalue weighted by atomic mass is 10.0. The van der Waals surface area contributed by atoms with E-state index in [0.29, 0.717) is 21.1 Å². The largest absolute Gasteiger partial charge is 0.268 e. The lowest BCUT2D eigenvalue weighted by Gasteiger charge is -2.07. The Balaban J connectivity index is 2.73. The molecule has 0 aliphatic heterocycles. The average Bonchev–Trinajstić information content (AvgIpc) is 2.88. The highest BCUT2D eigenvalue weighted by Gasteiger charge is 2.22. The first-order valence-electron chi connectivity index (χ1n) is 7.66. The lowest BCUT2D eigenvalue weighted by molar-refractivity contribution is 0.0962. The summed E-state index contributed by atoms with van der Waals surface area (Å²) in [6.45, 7) is 9.39. The van der Waals surface area contributed by atoms with Crippen molar-refractivity contribution in [2.75, 3.05) is 0 Å². The predicted octanol–water partition coefficient (Wildman–Crippen LogP) is 6.97. The van der Waals surface area contributed by atoms with Gasteiger partial charge in [-0.2, -0.15) is 0 Å². The van der Waals surface area contributed by atoms with E-state index in [-0.39, 0.29) is 27.6 Å². The van der Waals surface area contributed by atoms with Gasteiger partial charge >= 0.3 is 0 Å². The van der Waals surface area contributed by atoms with Crippen LogP contribution in [0.2, 0.25) is 0 Å². The Morgan fingerprint density at radius 3 is 2.41 bits per heavy atom. The minimum Gasteiger partial charge on any atom is -0.268 e. The molecule has 3 nitrogen and oxygen atoms in total. The number of pyridine rings is 1. The quantitative estimate of drug-likeness (QED) is 0.345. The van der Waals surface area contributed by atoms with Gasteiger partial charge in [0.2, 0.25) is 0 Å². The molecular formula is C19H15BrCl2F2N2O. The van der Waals surface area contributed by atoms with Crippen LogP contribution in [0.1, 0.15) is 24.2 Å². The van der Waals surface area contributed by atoms with E-state index in [2.05, 4.69) is 34.1 Å². The second-order valence-corrected chi connectivity index (χ2v) is 7.70. The zero-order chi connectivity index (χ0) is 20.5. The number of halogens is 5. The fourth-order valence-corrected chi connectivity index (χ4v) is 3.41. The number of nitrogens with zero attached hydrogens (tertiary/aromatic N) is 2. The summed E-state index contributed by atoms with van der Waals surface area (Å²) in [5, 5.41) is 0.688. The molecule has 2 rings (SSSR count). The minimum atomic E-state index is -0.878. The van der Waals surface area contributed by atoms with Crippen LogP contribution in [0.25, 0.3) is 11.0 Å². The number of hydrogen-bond donors (Lipinski definition) is 0. The van der Waals surface area contributed by atoms with Crippen LogP contribution in [-0.2, 0) is 6.42 Å². The first kappa shape index (κ1) is 21.5. The molecule has 8 heteroatoms. The lowest BCUT2D eigenvalue weighted by Crippen LogP contribution is -2.14. The van der Waals surface area contributed by atoms with Crippen LogP contribution >= 0.6 is 39.1 Å². The van der Waals surface area contributed by atoms with Crippen molar-refractivity contribution in [2.45, 2.75) is 20.3 Å². The number of carbonyl (C=O) groups is 1. The third-order valence-corrected chi connectivity index (χ3v) is 4.66. The molecule has 0 atom stereocenters. The number of carbonyl (C=O) groups excluding carboxylic acids is 1. The van der Waals surface area contributed by atoms with Gasteiger partial charge in [-0.25, -0.2) is 13.8 Å². The maximum Gasteiger partial charge on any atom is 0.266 e. The molecule has 2 heterocycles. The van der Waals surface area contributed by atoms with Gasteiger partial charge in [-0.05, 0) is 41.4 Å². The van der Waals surface area contributed by atoms with Crippen molar-refractivity contribution >= 4 is 56.1 Å². The van der Waals surface area contributed by atoms with Gasteiger partial charge in [0, 0.05) is 44.3 Å². The number of rotatable bonds is 5. The van der Waals surface area contributed by atoms with Gasteiger partial charge in [-0.3, -0.25) is 9.36 Å². The smallest absolute Gasteiger partial charge is 0.266 e. The van der Waals surface area contributed by atoms with E-state index in [4.69, 9.17) is 23.2 Å². The summed E-state index contributed by atoms with van der Waals surface area (Å²) in [5.41, 5.74) is 0.628. The van der Waals surface area contributed by atoms with Crippen LogP contribution in [0.3, 0.4) is 0 Å². The van der Waals surface area contributed by atoms with Crippen molar-refractivity contribution in [3.8, 4) is 0 Å². The predicted molar refractivity (Wildman–Crippen MR) is 109 cm³/mol. The summed E-state index contributed by atoms with van der Waals surface area (Å²) >= 11 is 15.2. The maximum atomic E-state index is 13.7. The van der Waals surface area contributed by atoms with E-state index in [1.165, 1.54) is 23.9 Å². The summed E-state index contributed by atoms with van der Waals surface area (Å²) in [6.07, 6.45) is 2.86. The van der Waals surface area contributed by atoms with Gasteiger partial charge < -0.3 is 0 Å². The zero-order valence-corrected chi connectivity index (χ0v) is 17.6. The molecule has 0 amide bonds. The van der Waals surface area contributed by atoms with Crippen molar-refractivity contribution in [1.29, 1.82) is 0 Å². The van der Waals surface area contributed by atoms with Gasteiger partial charge in [0.05, 0.1) is 5.57 Å². The number of allylic oxidation sites excluding steroid dienone is 6. The zero-order valence-electron chi connectivity index (χ0n) is 14.5. The first-order valence-corrected chi connectivity index (χ1v) is 9.20. The van der Waals surface area contributed by atoms with Crippen molar-refractivity contribution in [3.05, 3.63) is 74.5 Å². The highest BCUT2D eigenvalue weighted by atomic mass is 79.9. The van der Waals surface area contributed by atoms with Crippen molar-refractivity contribution in [3.63, 3.8) is 0 Å². The molecule has 27 heavy (non-hydrogen) atoms. The number of aromatic nitrogens is 2. The SMILES string of the molecule is C=C(F)C(Cc1cn(C(=O)C(C(=C)Cl)=C(C)Cl)c2ncc(Br)cc12)=C(C)F. The summed E-state index contributed by atoms with van der Waals surface area (Å²) in [7, 11) is 0. The Kier molecular flexibility index (Phi) is 6.78. The Hall–Kier alpha value is -1.76. The van der Waals surface area contributed by atoms with E-state index in [1.54, 1.807) is 6.07 Å². The van der Waals surface area contributed by atoms with Crippen molar-refractivity contribution in [2.24, 2.45) is 0 Å². The van der Waals surface area contributed by atoms with Gasteiger partial charge in [-0.15, -0.1) is 0 Å². The van der Waals surface area contributed by atoms with E-state index in [0.717, 1.165) is 6.92 Å². The monoisotopic (exact) mass is 474 g/mol. The molecule has 0 radical (unpaired) electrons. The molecule has 0 aliphatic carbocycles. The molecule has 0 saturated heterocycles. The van der Waals surface area contributed by atoms with Crippen LogP contribution in [0.5, 0.6) is 0 Å². The summed E-state index contributed by atoms with van der Waals surface area (Å²) in [5.74, 6) is -2.12. The Bertz CT molecular complexity index is 1030. The van der Waals surface area contributed by atoms with Gasteiger partial charge in [0.25, 0.3) is 5.91 Å². The Morgan fingerprint density at radius 1 is 1.30 bits per heavy atom. The summed E-state index contributed by atoms with van der Waals surface area (Å²) in [6, 6.07) is 1.71. The molecule has 0 fully saturated rings. The van der Waals surface area contributed by atoms with E-state index in [9.17, 15) is 13.6 Å². The molecular weight excluding hydrogens is 461 g/mol. The van der Waals surface area contributed by atoms with E-state index >= 15 is 0 Å². The van der Waals surface area contributed by atoms with Crippen LogP contribution in [-0.4, -0.2) is 15.5 Å². The van der Waals surface area contributed by atoms with Gasteiger partial charge in [0.1, 0.15) is 17.3 Å². The van der Waals surface area contributed by atoms with Gasteiger partial charge in [0.15, 0.2) is 0 Å². The third-order valence-electron chi connectivity index (χ3n) is 3.85. The standard InChI is InChI=1S/C19H15BrCl2F2N2O/c1-9(21)17(10(2)22)19(27)26-8-13(5-15(11(3)23)12(4)24)16-6-14(20)7-25-18(16)26/h6-8H,1,3,5H2,2,4H3. The highest BCUT2D eigenvalue weighted by Crippen LogP contribution is 2.30. The van der Waals surface area contributed by atoms with Crippen LogP contribution in [0.4, 0.5) is 8.78 Å². The molecule has 0 bridgehead atoms.